The van der Waals surface area contributed by atoms with Crippen LogP contribution in [0.1, 0.15) is 19.8 Å². The van der Waals surface area contributed by atoms with Crippen LogP contribution in [0.25, 0.3) is 33.5 Å². The summed E-state index contributed by atoms with van der Waals surface area (Å²) in [6.07, 6.45) is 2.26. The van der Waals surface area contributed by atoms with Crippen LogP contribution in [-0.4, -0.2) is 47.0 Å². The minimum Gasteiger partial charge on any atom is -0.493 e. The van der Waals surface area contributed by atoms with Gasteiger partial charge in [0.15, 0.2) is 0 Å². The number of hydrogen-bond acceptors (Lipinski definition) is 6. The first-order chi connectivity index (χ1) is 15.6. The quantitative estimate of drug-likeness (QED) is 0.481. The van der Waals surface area contributed by atoms with Crippen molar-refractivity contribution in [3.8, 4) is 17.1 Å². The molecule has 0 saturated carbocycles. The van der Waals surface area contributed by atoms with Crippen molar-refractivity contribution >= 4 is 33.7 Å². The Hall–Kier alpha value is -3.65. The van der Waals surface area contributed by atoms with Gasteiger partial charge in [-0.15, -0.1) is 0 Å². The van der Waals surface area contributed by atoms with Gasteiger partial charge in [0, 0.05) is 11.1 Å². The Morgan fingerprint density at radius 1 is 1.22 bits per heavy atom. The van der Waals surface area contributed by atoms with Crippen molar-refractivity contribution in [2.45, 2.75) is 19.8 Å². The fourth-order valence-electron chi connectivity index (χ4n) is 4.15. The number of carbonyl (C=O) groups excluding carboxylic acids is 1. The van der Waals surface area contributed by atoms with Crippen LogP contribution in [0.4, 0.5) is 5.69 Å². The monoisotopic (exact) mass is 432 g/mol. The van der Waals surface area contributed by atoms with Crippen LogP contribution < -0.4 is 15.6 Å². The van der Waals surface area contributed by atoms with Crippen LogP contribution in [0.15, 0.2) is 51.7 Å². The lowest BCUT2D eigenvalue weighted by atomic mass is 10.1. The second-order valence-electron chi connectivity index (χ2n) is 7.87. The van der Waals surface area contributed by atoms with Gasteiger partial charge in [-0.3, -0.25) is 14.5 Å². The summed E-state index contributed by atoms with van der Waals surface area (Å²) in [5.74, 6) is 0.855. The van der Waals surface area contributed by atoms with Crippen LogP contribution in [0.5, 0.6) is 5.75 Å². The van der Waals surface area contributed by atoms with Gasteiger partial charge in [0.05, 0.1) is 18.7 Å². The van der Waals surface area contributed by atoms with E-state index in [0.717, 1.165) is 31.3 Å². The van der Waals surface area contributed by atoms with E-state index in [1.54, 1.807) is 24.3 Å². The topological polar surface area (TPSA) is 100 Å². The van der Waals surface area contributed by atoms with Gasteiger partial charge in [0.2, 0.25) is 11.5 Å². The highest BCUT2D eigenvalue weighted by molar-refractivity contribution is 6.02. The van der Waals surface area contributed by atoms with E-state index in [1.165, 1.54) is 0 Å². The third-order valence-electron chi connectivity index (χ3n) is 5.62. The summed E-state index contributed by atoms with van der Waals surface area (Å²) >= 11 is 0. The highest BCUT2D eigenvalue weighted by Gasteiger charge is 2.18. The molecule has 0 spiro atoms. The van der Waals surface area contributed by atoms with Gasteiger partial charge in [0.25, 0.3) is 5.56 Å². The number of para-hydroxylation sites is 1. The molecule has 0 unspecified atom stereocenters. The maximum Gasteiger partial charge on any atom is 0.294 e. The molecule has 1 amide bonds. The van der Waals surface area contributed by atoms with Crippen molar-refractivity contribution < 1.29 is 13.9 Å². The lowest BCUT2D eigenvalue weighted by Crippen LogP contribution is -2.30. The second kappa shape index (κ2) is 8.47. The van der Waals surface area contributed by atoms with Gasteiger partial charge in [-0.25, -0.2) is 4.98 Å². The summed E-state index contributed by atoms with van der Waals surface area (Å²) < 4.78 is 11.5. The summed E-state index contributed by atoms with van der Waals surface area (Å²) in [4.78, 5) is 34.9. The highest BCUT2D eigenvalue weighted by Crippen LogP contribution is 2.32. The van der Waals surface area contributed by atoms with Gasteiger partial charge >= 0.3 is 0 Å². The second-order valence-corrected chi connectivity index (χ2v) is 7.87. The SMILES string of the molecule is CCOc1ccc(NC(=O)CN2CCCC2)cc1-c1nc2c(oc3ccccc32)c(=O)[nH]1. The summed E-state index contributed by atoms with van der Waals surface area (Å²) in [6.45, 7) is 4.61. The fourth-order valence-corrected chi connectivity index (χ4v) is 4.15. The number of amides is 1. The van der Waals surface area contributed by atoms with E-state index in [0.29, 0.717) is 47.1 Å². The van der Waals surface area contributed by atoms with Crippen molar-refractivity contribution in [1.82, 2.24) is 14.9 Å². The molecular weight excluding hydrogens is 408 g/mol. The minimum absolute atomic E-state index is 0.0697. The smallest absolute Gasteiger partial charge is 0.294 e. The van der Waals surface area contributed by atoms with E-state index >= 15 is 0 Å². The Morgan fingerprint density at radius 2 is 2.03 bits per heavy atom. The first-order valence-electron chi connectivity index (χ1n) is 10.8. The zero-order chi connectivity index (χ0) is 22.1. The molecule has 3 heterocycles. The number of anilines is 1. The molecule has 1 fully saturated rings. The molecule has 2 aromatic carbocycles. The summed E-state index contributed by atoms with van der Waals surface area (Å²) in [6, 6.07) is 12.7. The number of carbonyl (C=O) groups is 1. The first kappa shape index (κ1) is 20.3. The lowest BCUT2D eigenvalue weighted by Gasteiger charge is -2.15. The zero-order valence-electron chi connectivity index (χ0n) is 17.8. The molecule has 1 saturated heterocycles. The third-order valence-corrected chi connectivity index (χ3v) is 5.62. The standard InChI is InChI=1S/C24H24N4O4/c1-2-31-18-10-9-15(25-20(29)14-28-11-5-6-12-28)13-17(18)23-26-21-16-7-3-4-8-19(16)32-22(21)24(30)27-23/h3-4,7-10,13H,2,5-6,11-12,14H2,1H3,(H,25,29)(H,26,27,30). The van der Waals surface area contributed by atoms with Crippen LogP contribution >= 0.6 is 0 Å². The van der Waals surface area contributed by atoms with Crippen molar-refractivity contribution in [3.05, 3.63) is 52.8 Å². The molecule has 1 aliphatic rings. The average molecular weight is 432 g/mol. The van der Waals surface area contributed by atoms with Gasteiger partial charge in [0.1, 0.15) is 22.7 Å². The van der Waals surface area contributed by atoms with E-state index in [-0.39, 0.29) is 17.0 Å². The molecule has 8 nitrogen and oxygen atoms in total. The predicted molar refractivity (Wildman–Crippen MR) is 123 cm³/mol. The molecule has 32 heavy (non-hydrogen) atoms. The number of nitrogens with one attached hydrogen (secondary N) is 2. The van der Waals surface area contributed by atoms with Crippen molar-refractivity contribution in [2.75, 3.05) is 31.6 Å². The molecule has 5 rings (SSSR count). The maximum atomic E-state index is 12.8. The highest BCUT2D eigenvalue weighted by atomic mass is 16.5. The summed E-state index contributed by atoms with van der Waals surface area (Å²) in [7, 11) is 0. The fraction of sp³-hybridized carbons (Fsp3) is 0.292. The number of H-pyrrole nitrogens is 1. The predicted octanol–water partition coefficient (Wildman–Crippen LogP) is 3.77. The number of nitrogens with zero attached hydrogens (tertiary/aromatic N) is 2. The minimum atomic E-state index is -0.368. The van der Waals surface area contributed by atoms with Crippen LogP contribution in [0.3, 0.4) is 0 Å². The third kappa shape index (κ3) is 3.85. The summed E-state index contributed by atoms with van der Waals surface area (Å²) in [5, 5.41) is 3.72. The molecule has 0 atom stereocenters. The Balaban J connectivity index is 1.54. The number of furan rings is 1. The van der Waals surface area contributed by atoms with Crippen LogP contribution in [-0.2, 0) is 4.79 Å². The van der Waals surface area contributed by atoms with Crippen molar-refractivity contribution in [3.63, 3.8) is 0 Å². The molecule has 164 valence electrons. The van der Waals surface area contributed by atoms with Crippen molar-refractivity contribution in [1.29, 1.82) is 0 Å². The van der Waals surface area contributed by atoms with Crippen molar-refractivity contribution in [2.24, 2.45) is 0 Å². The Labute approximate surface area is 184 Å². The number of aromatic nitrogens is 2. The number of ether oxygens (including phenoxy) is 1. The Morgan fingerprint density at radius 3 is 2.84 bits per heavy atom. The molecule has 4 aromatic rings. The largest absolute Gasteiger partial charge is 0.493 e. The molecule has 2 aromatic heterocycles. The van der Waals surface area contributed by atoms with Gasteiger partial charge in [-0.05, 0) is 63.2 Å². The lowest BCUT2D eigenvalue weighted by molar-refractivity contribution is -0.117. The van der Waals surface area contributed by atoms with E-state index in [9.17, 15) is 9.59 Å². The number of aromatic amines is 1. The summed E-state index contributed by atoms with van der Waals surface area (Å²) in [5.41, 5.74) is 2.12. The number of likely N-dealkylation sites (tertiary alicyclic amines) is 1. The molecule has 8 heteroatoms. The van der Waals surface area contributed by atoms with E-state index in [2.05, 4.69) is 15.2 Å². The number of hydrogen-bond donors (Lipinski definition) is 2. The molecule has 0 aliphatic carbocycles. The number of rotatable bonds is 6. The molecule has 0 bridgehead atoms. The first-order valence-corrected chi connectivity index (χ1v) is 10.8. The number of benzene rings is 2. The van der Waals surface area contributed by atoms with Crippen LogP contribution in [0, 0.1) is 0 Å². The average Bonchev–Trinajstić information content (AvgIpc) is 3.43. The van der Waals surface area contributed by atoms with E-state index in [1.807, 2.05) is 25.1 Å². The Bertz CT molecular complexity index is 1350. The molecule has 2 N–H and O–H groups in total. The Kier molecular flexibility index (Phi) is 5.36. The zero-order valence-corrected chi connectivity index (χ0v) is 17.8. The van der Waals surface area contributed by atoms with E-state index in [4.69, 9.17) is 14.1 Å². The molecule has 0 radical (unpaired) electrons. The van der Waals surface area contributed by atoms with Gasteiger partial charge in [-0.2, -0.15) is 0 Å². The molecule has 1 aliphatic heterocycles. The van der Waals surface area contributed by atoms with Gasteiger partial charge in [-0.1, -0.05) is 12.1 Å². The molecular formula is C24H24N4O4. The number of fused-ring (bicyclic) bond motifs is 3. The maximum absolute atomic E-state index is 12.8. The van der Waals surface area contributed by atoms with E-state index < -0.39 is 0 Å². The normalized spacial score (nSPS) is 14.3. The van der Waals surface area contributed by atoms with Gasteiger partial charge < -0.3 is 19.5 Å². The van der Waals surface area contributed by atoms with Crippen LogP contribution in [0.2, 0.25) is 0 Å².